The first-order valence-corrected chi connectivity index (χ1v) is 10.9. The van der Waals surface area contributed by atoms with Crippen LogP contribution in [0.5, 0.6) is 0 Å². The Morgan fingerprint density at radius 3 is 1.88 bits per heavy atom. The van der Waals surface area contributed by atoms with Crippen molar-refractivity contribution in [2.45, 2.75) is 67.1 Å². The van der Waals surface area contributed by atoms with Crippen LogP contribution in [0.15, 0.2) is 24.3 Å². The molecule has 0 radical (unpaired) electrons. The van der Waals surface area contributed by atoms with E-state index >= 15 is 0 Å². The Balaban J connectivity index is 2.42. The Morgan fingerprint density at radius 1 is 0.939 bits per heavy atom. The molecular formula is C26H32N2O5. The number of carboxylic acid groups (broad SMARTS) is 1. The molecule has 3 rings (SSSR count). The number of rotatable bonds is 4. The van der Waals surface area contributed by atoms with Crippen molar-refractivity contribution >= 4 is 29.2 Å². The Kier molecular flexibility index (Phi) is 6.15. The molecule has 2 amide bonds. The number of aliphatic carboxylic acids is 1. The Morgan fingerprint density at radius 2 is 1.42 bits per heavy atom. The van der Waals surface area contributed by atoms with Crippen molar-refractivity contribution in [3.05, 3.63) is 46.5 Å². The average Bonchev–Trinajstić information content (AvgIpc) is 2.79. The van der Waals surface area contributed by atoms with E-state index in [0.717, 1.165) is 11.1 Å². The Labute approximate surface area is 194 Å². The van der Waals surface area contributed by atoms with Crippen LogP contribution in [0, 0.1) is 26.2 Å². The molecule has 0 fully saturated rings. The number of nitrogens with one attached hydrogen (secondary N) is 2. The summed E-state index contributed by atoms with van der Waals surface area (Å²) in [5, 5.41) is 15.9. The number of carbonyl (C=O) groups is 3. The van der Waals surface area contributed by atoms with Crippen molar-refractivity contribution in [1.82, 2.24) is 0 Å². The number of anilines is 2. The van der Waals surface area contributed by atoms with E-state index < -0.39 is 34.9 Å². The van der Waals surface area contributed by atoms with Crippen molar-refractivity contribution in [2.24, 2.45) is 5.41 Å². The average molecular weight is 453 g/mol. The van der Waals surface area contributed by atoms with Gasteiger partial charge in [0, 0.05) is 5.56 Å². The third-order valence-electron chi connectivity index (χ3n) is 5.96. The highest BCUT2D eigenvalue weighted by atomic mass is 16.5. The van der Waals surface area contributed by atoms with Crippen LogP contribution in [0.1, 0.15) is 63.0 Å². The predicted molar refractivity (Wildman–Crippen MR) is 128 cm³/mol. The standard InChI is InChI=1S/C26H32N2O5/c1-13-9-11-16(12-10-13)17-14(2)19-20(28-24(32)26(7,8)23(31)27-19)15(3)18(17)21(22(29)30)33-25(4,5)6/h9-12,21H,1-8H3,(H,27,31)(H,28,32)(H,29,30). The molecule has 0 bridgehead atoms. The van der Waals surface area contributed by atoms with E-state index in [1.54, 1.807) is 41.5 Å². The van der Waals surface area contributed by atoms with Crippen molar-refractivity contribution in [1.29, 1.82) is 0 Å². The second kappa shape index (κ2) is 8.30. The second-order valence-corrected chi connectivity index (χ2v) is 10.1. The molecule has 1 heterocycles. The largest absolute Gasteiger partial charge is 0.479 e. The van der Waals surface area contributed by atoms with Crippen LogP contribution < -0.4 is 10.6 Å². The fraction of sp³-hybridized carbons (Fsp3) is 0.423. The minimum Gasteiger partial charge on any atom is -0.479 e. The lowest BCUT2D eigenvalue weighted by Gasteiger charge is -2.30. The lowest BCUT2D eigenvalue weighted by atomic mass is 9.86. The van der Waals surface area contributed by atoms with Gasteiger partial charge in [-0.2, -0.15) is 0 Å². The maximum atomic E-state index is 12.9. The van der Waals surface area contributed by atoms with Gasteiger partial charge in [0.25, 0.3) is 0 Å². The summed E-state index contributed by atoms with van der Waals surface area (Å²) in [6.07, 6.45) is -1.28. The molecule has 0 saturated carbocycles. The lowest BCUT2D eigenvalue weighted by molar-refractivity contribution is -0.160. The normalized spacial score (nSPS) is 16.4. The van der Waals surface area contributed by atoms with Gasteiger partial charge in [0.05, 0.1) is 17.0 Å². The molecule has 33 heavy (non-hydrogen) atoms. The van der Waals surface area contributed by atoms with Crippen molar-refractivity contribution in [3.8, 4) is 11.1 Å². The quantitative estimate of drug-likeness (QED) is 0.558. The predicted octanol–water partition coefficient (Wildman–Crippen LogP) is 5.14. The molecule has 1 aliphatic heterocycles. The van der Waals surface area contributed by atoms with Gasteiger partial charge in [0.2, 0.25) is 11.8 Å². The first kappa shape index (κ1) is 24.5. The molecule has 0 aliphatic carbocycles. The van der Waals surface area contributed by atoms with Crippen LogP contribution >= 0.6 is 0 Å². The highest BCUT2D eigenvalue weighted by molar-refractivity contribution is 6.19. The molecule has 7 heteroatoms. The molecule has 176 valence electrons. The molecule has 7 nitrogen and oxygen atoms in total. The number of ether oxygens (including phenoxy) is 1. The summed E-state index contributed by atoms with van der Waals surface area (Å²) in [7, 11) is 0. The van der Waals surface area contributed by atoms with Gasteiger partial charge in [-0.1, -0.05) is 29.8 Å². The summed E-state index contributed by atoms with van der Waals surface area (Å²) in [5.74, 6) is -2.02. The van der Waals surface area contributed by atoms with Crippen LogP contribution in [0.2, 0.25) is 0 Å². The van der Waals surface area contributed by atoms with E-state index in [9.17, 15) is 19.5 Å². The van der Waals surface area contributed by atoms with Gasteiger partial charge in [-0.15, -0.1) is 0 Å². The molecule has 2 aromatic rings. The van der Waals surface area contributed by atoms with Gasteiger partial charge >= 0.3 is 5.97 Å². The summed E-state index contributed by atoms with van der Waals surface area (Å²) in [4.78, 5) is 38.2. The van der Waals surface area contributed by atoms with Gasteiger partial charge in [-0.25, -0.2) is 4.79 Å². The molecule has 1 unspecified atom stereocenters. The summed E-state index contributed by atoms with van der Waals surface area (Å²) in [6, 6.07) is 7.74. The molecule has 0 spiro atoms. The lowest BCUT2D eigenvalue weighted by Crippen LogP contribution is -2.39. The van der Waals surface area contributed by atoms with Gasteiger partial charge in [0.15, 0.2) is 6.10 Å². The van der Waals surface area contributed by atoms with E-state index in [-0.39, 0.29) is 0 Å². The second-order valence-electron chi connectivity index (χ2n) is 10.1. The number of aryl methyl sites for hydroxylation is 1. The zero-order chi connectivity index (χ0) is 24.9. The first-order chi connectivity index (χ1) is 15.1. The fourth-order valence-corrected chi connectivity index (χ4v) is 3.99. The summed E-state index contributed by atoms with van der Waals surface area (Å²) in [5.41, 5.74) is 3.00. The molecular weight excluding hydrogens is 420 g/mol. The maximum Gasteiger partial charge on any atom is 0.337 e. The first-order valence-electron chi connectivity index (χ1n) is 10.9. The van der Waals surface area contributed by atoms with Gasteiger partial charge in [-0.05, 0) is 77.6 Å². The van der Waals surface area contributed by atoms with E-state index in [1.165, 1.54) is 0 Å². The monoisotopic (exact) mass is 452 g/mol. The number of carboxylic acids is 1. The number of fused-ring (bicyclic) bond motifs is 1. The molecule has 1 aliphatic rings. The number of benzene rings is 2. The van der Waals surface area contributed by atoms with E-state index in [4.69, 9.17) is 4.74 Å². The Bertz CT molecular complexity index is 1140. The molecule has 0 aromatic heterocycles. The van der Waals surface area contributed by atoms with Crippen molar-refractivity contribution in [2.75, 3.05) is 10.6 Å². The number of hydrogen-bond acceptors (Lipinski definition) is 4. The van der Waals surface area contributed by atoms with Crippen LogP contribution in [0.3, 0.4) is 0 Å². The topological polar surface area (TPSA) is 105 Å². The highest BCUT2D eigenvalue weighted by Gasteiger charge is 2.42. The summed E-state index contributed by atoms with van der Waals surface area (Å²) >= 11 is 0. The van der Waals surface area contributed by atoms with E-state index in [1.807, 2.05) is 38.1 Å². The van der Waals surface area contributed by atoms with Crippen molar-refractivity contribution < 1.29 is 24.2 Å². The van der Waals surface area contributed by atoms with E-state index in [0.29, 0.717) is 33.6 Å². The third kappa shape index (κ3) is 4.50. The van der Waals surface area contributed by atoms with Crippen LogP contribution in [0.25, 0.3) is 11.1 Å². The maximum absolute atomic E-state index is 12.9. The van der Waals surface area contributed by atoms with Crippen LogP contribution in [-0.4, -0.2) is 28.5 Å². The molecule has 2 aromatic carbocycles. The van der Waals surface area contributed by atoms with Crippen molar-refractivity contribution in [3.63, 3.8) is 0 Å². The number of amides is 2. The molecule has 0 saturated heterocycles. The molecule has 3 N–H and O–H groups in total. The fourth-order valence-electron chi connectivity index (χ4n) is 3.99. The Hall–Kier alpha value is -3.19. The number of carbonyl (C=O) groups excluding carboxylic acids is 2. The van der Waals surface area contributed by atoms with Gasteiger partial charge in [0.1, 0.15) is 5.41 Å². The third-order valence-corrected chi connectivity index (χ3v) is 5.96. The van der Waals surface area contributed by atoms with Crippen LogP contribution in [-0.2, 0) is 19.1 Å². The zero-order valence-corrected chi connectivity index (χ0v) is 20.5. The van der Waals surface area contributed by atoms with Gasteiger partial charge < -0.3 is 20.5 Å². The smallest absolute Gasteiger partial charge is 0.337 e. The SMILES string of the molecule is Cc1ccc(-c2c(C)c3c(c(C)c2C(OC(C)(C)C)C(=O)O)NC(=O)C(C)(C)C(=O)N3)cc1. The highest BCUT2D eigenvalue weighted by Crippen LogP contribution is 2.47. The minimum absolute atomic E-state index is 0.394. The summed E-state index contributed by atoms with van der Waals surface area (Å²) < 4.78 is 6.02. The van der Waals surface area contributed by atoms with E-state index in [2.05, 4.69) is 10.6 Å². The van der Waals surface area contributed by atoms with Crippen LogP contribution in [0.4, 0.5) is 11.4 Å². The van der Waals surface area contributed by atoms with Gasteiger partial charge in [-0.3, -0.25) is 9.59 Å². The number of hydrogen-bond donors (Lipinski definition) is 3. The zero-order valence-electron chi connectivity index (χ0n) is 20.5. The minimum atomic E-state index is -1.30. The summed E-state index contributed by atoms with van der Waals surface area (Å²) in [6.45, 7) is 14.0. The molecule has 1 atom stereocenters.